The van der Waals surface area contributed by atoms with Crippen LogP contribution in [0.2, 0.25) is 0 Å². The third-order valence-corrected chi connectivity index (χ3v) is 2.56. The van der Waals surface area contributed by atoms with E-state index in [0.717, 1.165) is 17.2 Å². The first-order valence-electron chi connectivity index (χ1n) is 5.52. The molecule has 0 spiro atoms. The number of aryl methyl sites for hydroxylation is 1. The summed E-state index contributed by atoms with van der Waals surface area (Å²) in [4.78, 5) is 0. The number of nitriles is 1. The van der Waals surface area contributed by atoms with E-state index in [1.54, 1.807) is 6.07 Å². The van der Waals surface area contributed by atoms with Crippen LogP contribution in [0.15, 0.2) is 40.8 Å². The molecule has 0 aliphatic heterocycles. The minimum absolute atomic E-state index is 0.0812. The summed E-state index contributed by atoms with van der Waals surface area (Å²) in [7, 11) is 0. The summed E-state index contributed by atoms with van der Waals surface area (Å²) in [6, 6.07) is 13.5. The Kier molecular flexibility index (Phi) is 3.15. The molecule has 2 aromatic rings. The summed E-state index contributed by atoms with van der Waals surface area (Å²) in [5.74, 6) is 1.80. The maximum Gasteiger partial charge on any atom is 0.126 e. The van der Waals surface area contributed by atoms with Crippen LogP contribution in [0.25, 0.3) is 0 Å². The zero-order valence-corrected chi connectivity index (χ0v) is 9.90. The molecule has 1 N–H and O–H groups in total. The van der Waals surface area contributed by atoms with Crippen molar-refractivity contribution in [3.05, 3.63) is 53.5 Å². The van der Waals surface area contributed by atoms with Gasteiger partial charge in [0.25, 0.3) is 0 Å². The van der Waals surface area contributed by atoms with E-state index in [1.165, 1.54) is 0 Å². The average molecular weight is 226 g/mol. The predicted molar refractivity (Wildman–Crippen MR) is 66.6 cm³/mol. The maximum atomic E-state index is 8.82. The van der Waals surface area contributed by atoms with Crippen LogP contribution in [0.1, 0.15) is 30.0 Å². The molecule has 0 bridgehead atoms. The molecule has 3 heteroatoms. The fraction of sp³-hybridized carbons (Fsp3) is 0.214. The second-order valence-corrected chi connectivity index (χ2v) is 4.01. The van der Waals surface area contributed by atoms with E-state index in [1.807, 2.05) is 44.2 Å². The summed E-state index contributed by atoms with van der Waals surface area (Å²) in [5.41, 5.74) is 1.57. The van der Waals surface area contributed by atoms with Gasteiger partial charge in [-0.3, -0.25) is 0 Å². The fourth-order valence-electron chi connectivity index (χ4n) is 1.69. The molecule has 2 rings (SSSR count). The standard InChI is InChI=1S/C14H14N2O/c1-10-6-7-14(17-10)11(2)16-13-5-3-4-12(8-13)9-15/h3-8,11,16H,1-2H3. The van der Waals surface area contributed by atoms with Crippen LogP contribution >= 0.6 is 0 Å². The van der Waals surface area contributed by atoms with Crippen LogP contribution in [0.5, 0.6) is 0 Å². The third-order valence-electron chi connectivity index (χ3n) is 2.56. The Morgan fingerprint density at radius 1 is 1.29 bits per heavy atom. The molecule has 1 aromatic heterocycles. The molecule has 1 atom stereocenters. The van der Waals surface area contributed by atoms with Crippen molar-refractivity contribution in [1.82, 2.24) is 0 Å². The molecule has 0 fully saturated rings. The molecule has 0 aliphatic carbocycles. The van der Waals surface area contributed by atoms with E-state index >= 15 is 0 Å². The highest BCUT2D eigenvalue weighted by atomic mass is 16.3. The van der Waals surface area contributed by atoms with Gasteiger partial charge in [-0.05, 0) is 44.2 Å². The van der Waals surface area contributed by atoms with Crippen molar-refractivity contribution in [2.75, 3.05) is 5.32 Å². The van der Waals surface area contributed by atoms with Gasteiger partial charge in [-0.15, -0.1) is 0 Å². The van der Waals surface area contributed by atoms with Crippen molar-refractivity contribution in [3.8, 4) is 6.07 Å². The summed E-state index contributed by atoms with van der Waals surface area (Å²) < 4.78 is 5.55. The highest BCUT2D eigenvalue weighted by Gasteiger charge is 2.09. The molecule has 0 amide bonds. The van der Waals surface area contributed by atoms with Gasteiger partial charge in [-0.2, -0.15) is 5.26 Å². The highest BCUT2D eigenvalue weighted by Crippen LogP contribution is 2.21. The number of rotatable bonds is 3. The molecule has 17 heavy (non-hydrogen) atoms. The molecule has 1 unspecified atom stereocenters. The van der Waals surface area contributed by atoms with Crippen LogP contribution in [0, 0.1) is 18.3 Å². The lowest BCUT2D eigenvalue weighted by Crippen LogP contribution is -2.05. The summed E-state index contributed by atoms with van der Waals surface area (Å²) >= 11 is 0. The van der Waals surface area contributed by atoms with E-state index in [4.69, 9.17) is 9.68 Å². The monoisotopic (exact) mass is 226 g/mol. The summed E-state index contributed by atoms with van der Waals surface area (Å²) in [6.07, 6.45) is 0. The van der Waals surface area contributed by atoms with E-state index in [-0.39, 0.29) is 6.04 Å². The van der Waals surface area contributed by atoms with E-state index in [0.29, 0.717) is 5.56 Å². The zero-order valence-electron chi connectivity index (χ0n) is 9.90. The number of nitrogens with one attached hydrogen (secondary N) is 1. The second kappa shape index (κ2) is 4.75. The van der Waals surface area contributed by atoms with Crippen molar-refractivity contribution in [3.63, 3.8) is 0 Å². The Labute approximate surface area is 101 Å². The lowest BCUT2D eigenvalue weighted by Gasteiger charge is -2.12. The second-order valence-electron chi connectivity index (χ2n) is 4.01. The van der Waals surface area contributed by atoms with Crippen LogP contribution in [-0.4, -0.2) is 0 Å². The molecule has 86 valence electrons. The molecular formula is C14H14N2O. The number of hydrogen-bond donors (Lipinski definition) is 1. The molecule has 1 aromatic carbocycles. The molecule has 0 saturated heterocycles. The maximum absolute atomic E-state index is 8.82. The quantitative estimate of drug-likeness (QED) is 0.869. The fourth-order valence-corrected chi connectivity index (χ4v) is 1.69. The van der Waals surface area contributed by atoms with Crippen molar-refractivity contribution in [1.29, 1.82) is 5.26 Å². The van der Waals surface area contributed by atoms with Gasteiger partial charge in [-0.1, -0.05) is 6.07 Å². The van der Waals surface area contributed by atoms with Gasteiger partial charge in [0, 0.05) is 5.69 Å². The minimum atomic E-state index is 0.0812. The first-order chi connectivity index (χ1) is 8.19. The number of nitrogens with zero attached hydrogens (tertiary/aromatic N) is 1. The molecule has 1 heterocycles. The first-order valence-corrected chi connectivity index (χ1v) is 5.52. The van der Waals surface area contributed by atoms with Crippen molar-refractivity contribution in [2.24, 2.45) is 0 Å². The van der Waals surface area contributed by atoms with Gasteiger partial charge in [0.2, 0.25) is 0 Å². The number of hydrogen-bond acceptors (Lipinski definition) is 3. The predicted octanol–water partition coefficient (Wildman–Crippen LogP) is 3.63. The Morgan fingerprint density at radius 2 is 2.12 bits per heavy atom. The van der Waals surface area contributed by atoms with E-state index in [9.17, 15) is 0 Å². The van der Waals surface area contributed by atoms with Gasteiger partial charge < -0.3 is 9.73 Å². The van der Waals surface area contributed by atoms with Gasteiger partial charge in [0.05, 0.1) is 17.7 Å². The third kappa shape index (κ3) is 2.67. The summed E-state index contributed by atoms with van der Waals surface area (Å²) in [5, 5.41) is 12.1. The van der Waals surface area contributed by atoms with Gasteiger partial charge >= 0.3 is 0 Å². The minimum Gasteiger partial charge on any atom is -0.464 e. The van der Waals surface area contributed by atoms with Crippen LogP contribution in [0.4, 0.5) is 5.69 Å². The Bertz CT molecular complexity index is 551. The number of anilines is 1. The molecule has 0 radical (unpaired) electrons. The van der Waals surface area contributed by atoms with Gasteiger partial charge in [0.1, 0.15) is 11.5 Å². The van der Waals surface area contributed by atoms with E-state index in [2.05, 4.69) is 11.4 Å². The average Bonchev–Trinajstić information content (AvgIpc) is 2.76. The van der Waals surface area contributed by atoms with Gasteiger partial charge in [0.15, 0.2) is 0 Å². The smallest absolute Gasteiger partial charge is 0.126 e. The summed E-state index contributed by atoms with van der Waals surface area (Å²) in [6.45, 7) is 3.95. The first kappa shape index (κ1) is 11.3. The van der Waals surface area contributed by atoms with Crippen LogP contribution in [0.3, 0.4) is 0 Å². The Hall–Kier alpha value is -2.21. The zero-order chi connectivity index (χ0) is 12.3. The Morgan fingerprint density at radius 3 is 2.76 bits per heavy atom. The number of furan rings is 1. The van der Waals surface area contributed by atoms with Gasteiger partial charge in [-0.25, -0.2) is 0 Å². The van der Waals surface area contributed by atoms with Crippen LogP contribution in [-0.2, 0) is 0 Å². The molecular weight excluding hydrogens is 212 g/mol. The molecule has 0 aliphatic rings. The SMILES string of the molecule is Cc1ccc(C(C)Nc2cccc(C#N)c2)o1. The van der Waals surface area contributed by atoms with Crippen LogP contribution < -0.4 is 5.32 Å². The lowest BCUT2D eigenvalue weighted by atomic mass is 10.2. The topological polar surface area (TPSA) is 49.0 Å². The largest absolute Gasteiger partial charge is 0.464 e. The highest BCUT2D eigenvalue weighted by molar-refractivity contribution is 5.50. The normalized spacial score (nSPS) is 11.8. The number of benzene rings is 1. The lowest BCUT2D eigenvalue weighted by molar-refractivity contribution is 0.467. The van der Waals surface area contributed by atoms with Crippen molar-refractivity contribution < 1.29 is 4.42 Å². The van der Waals surface area contributed by atoms with E-state index < -0.39 is 0 Å². The van der Waals surface area contributed by atoms with Crippen molar-refractivity contribution in [2.45, 2.75) is 19.9 Å². The molecule has 0 saturated carbocycles. The van der Waals surface area contributed by atoms with Crippen molar-refractivity contribution >= 4 is 5.69 Å². The molecule has 3 nitrogen and oxygen atoms in total. The Balaban J connectivity index is 2.13.